The molecule has 0 aliphatic carbocycles. The lowest BCUT2D eigenvalue weighted by Gasteiger charge is -2.33. The van der Waals surface area contributed by atoms with Crippen LogP contribution in [0.2, 0.25) is 0 Å². The summed E-state index contributed by atoms with van der Waals surface area (Å²) in [7, 11) is -4.17. The molecule has 0 aliphatic heterocycles. The van der Waals surface area contributed by atoms with E-state index in [0.29, 0.717) is 12.4 Å². The number of ether oxygens (including phenoxy) is 1. The minimum Gasteiger partial charge on any atom is -0.492 e. The van der Waals surface area contributed by atoms with Gasteiger partial charge in [0.1, 0.15) is 18.3 Å². The normalized spacial score (nSPS) is 12.7. The van der Waals surface area contributed by atoms with Crippen LogP contribution in [0.1, 0.15) is 45.2 Å². The van der Waals surface area contributed by atoms with Crippen LogP contribution in [0.15, 0.2) is 83.8 Å². The zero-order valence-corrected chi connectivity index (χ0v) is 24.6. The Bertz CT molecular complexity index is 1380. The molecule has 3 aromatic rings. The van der Waals surface area contributed by atoms with E-state index >= 15 is 0 Å². The van der Waals surface area contributed by atoms with Crippen molar-refractivity contribution in [3.05, 3.63) is 90.0 Å². The second-order valence-corrected chi connectivity index (χ2v) is 11.6. The first-order valence-corrected chi connectivity index (χ1v) is 15.0. The highest BCUT2D eigenvalue weighted by atomic mass is 32.2. The topological polar surface area (TPSA) is 96.0 Å². The number of benzene rings is 3. The zero-order chi connectivity index (χ0) is 29.3. The van der Waals surface area contributed by atoms with Gasteiger partial charge in [-0.1, -0.05) is 67.1 Å². The van der Waals surface area contributed by atoms with Gasteiger partial charge in [0, 0.05) is 12.6 Å². The van der Waals surface area contributed by atoms with E-state index in [1.807, 2.05) is 45.0 Å². The van der Waals surface area contributed by atoms with Crippen LogP contribution in [0, 0.1) is 6.92 Å². The SMILES string of the molecule is CCOc1ccccc1N(CC(=O)N(Cc1ccc(C)cc1)C(C)C(=O)NC(C)CC)S(=O)(=O)c1ccccc1. The van der Waals surface area contributed by atoms with Gasteiger partial charge in [-0.05, 0) is 63.9 Å². The van der Waals surface area contributed by atoms with Crippen LogP contribution in [0.4, 0.5) is 5.69 Å². The molecule has 0 saturated heterocycles. The third-order valence-electron chi connectivity index (χ3n) is 6.69. The number of nitrogens with zero attached hydrogens (tertiary/aromatic N) is 2. The average molecular weight is 566 g/mol. The van der Waals surface area contributed by atoms with E-state index in [1.54, 1.807) is 56.3 Å². The second-order valence-electron chi connectivity index (χ2n) is 9.73. The minimum atomic E-state index is -4.17. The van der Waals surface area contributed by atoms with Crippen molar-refractivity contribution in [2.75, 3.05) is 17.5 Å². The van der Waals surface area contributed by atoms with Gasteiger partial charge in [-0.3, -0.25) is 13.9 Å². The minimum absolute atomic E-state index is 0.0433. The third-order valence-corrected chi connectivity index (χ3v) is 8.46. The van der Waals surface area contributed by atoms with Gasteiger partial charge in [0.2, 0.25) is 11.8 Å². The molecule has 9 heteroatoms. The Morgan fingerprint density at radius 2 is 1.52 bits per heavy atom. The second kappa shape index (κ2) is 14.0. The molecule has 3 aromatic carbocycles. The molecule has 1 N–H and O–H groups in total. The van der Waals surface area contributed by atoms with Crippen LogP contribution in [0.3, 0.4) is 0 Å². The Morgan fingerprint density at radius 1 is 0.900 bits per heavy atom. The van der Waals surface area contributed by atoms with Crippen LogP contribution in [0.25, 0.3) is 0 Å². The molecule has 0 heterocycles. The lowest BCUT2D eigenvalue weighted by molar-refractivity contribution is -0.139. The number of carbonyl (C=O) groups excluding carboxylic acids is 2. The number of rotatable bonds is 13. The summed E-state index contributed by atoms with van der Waals surface area (Å²) in [4.78, 5) is 28.7. The molecule has 0 saturated carbocycles. The number of hydrogen-bond acceptors (Lipinski definition) is 5. The molecule has 2 amide bonds. The quantitative estimate of drug-likeness (QED) is 0.317. The summed E-state index contributed by atoms with van der Waals surface area (Å²) in [6.07, 6.45) is 0.738. The molecular weight excluding hydrogens is 526 g/mol. The number of para-hydroxylation sites is 2. The first-order valence-electron chi connectivity index (χ1n) is 13.5. The molecule has 40 heavy (non-hydrogen) atoms. The summed E-state index contributed by atoms with van der Waals surface area (Å²) in [5.41, 5.74) is 2.14. The van der Waals surface area contributed by atoms with Gasteiger partial charge in [-0.2, -0.15) is 0 Å². The maximum Gasteiger partial charge on any atom is 0.264 e. The number of sulfonamides is 1. The fourth-order valence-electron chi connectivity index (χ4n) is 4.11. The molecule has 2 atom stereocenters. The van der Waals surface area contributed by atoms with Gasteiger partial charge in [-0.15, -0.1) is 0 Å². The number of aryl methyl sites for hydroxylation is 1. The fraction of sp³-hybridized carbons (Fsp3) is 0.355. The van der Waals surface area contributed by atoms with E-state index < -0.39 is 28.5 Å². The van der Waals surface area contributed by atoms with Gasteiger partial charge in [0.25, 0.3) is 10.0 Å². The molecular formula is C31H39N3O5S. The first kappa shape index (κ1) is 30.7. The predicted octanol–water partition coefficient (Wildman–Crippen LogP) is 4.92. The maximum atomic E-state index is 14.0. The van der Waals surface area contributed by atoms with Crippen molar-refractivity contribution in [2.24, 2.45) is 0 Å². The highest BCUT2D eigenvalue weighted by Gasteiger charge is 2.33. The molecule has 214 valence electrons. The average Bonchev–Trinajstić information content (AvgIpc) is 2.96. The van der Waals surface area contributed by atoms with Gasteiger partial charge in [0.15, 0.2) is 0 Å². The van der Waals surface area contributed by atoms with Crippen LogP contribution in [-0.4, -0.2) is 50.4 Å². The molecule has 0 fully saturated rings. The Labute approximate surface area is 238 Å². The summed E-state index contributed by atoms with van der Waals surface area (Å²) in [6, 6.07) is 21.5. The van der Waals surface area contributed by atoms with Crippen molar-refractivity contribution in [3.63, 3.8) is 0 Å². The largest absolute Gasteiger partial charge is 0.492 e. The summed E-state index contributed by atoms with van der Waals surface area (Å²) in [6.45, 7) is 9.23. The van der Waals surface area contributed by atoms with Crippen molar-refractivity contribution < 1.29 is 22.7 Å². The van der Waals surface area contributed by atoms with E-state index in [0.717, 1.165) is 21.9 Å². The lowest BCUT2D eigenvalue weighted by Crippen LogP contribution is -2.52. The number of nitrogens with one attached hydrogen (secondary N) is 1. The van der Waals surface area contributed by atoms with Crippen LogP contribution in [0.5, 0.6) is 5.75 Å². The van der Waals surface area contributed by atoms with Gasteiger partial charge in [-0.25, -0.2) is 8.42 Å². The fourth-order valence-corrected chi connectivity index (χ4v) is 5.56. The number of anilines is 1. The molecule has 0 radical (unpaired) electrons. The predicted molar refractivity (Wildman–Crippen MR) is 158 cm³/mol. The highest BCUT2D eigenvalue weighted by molar-refractivity contribution is 7.92. The van der Waals surface area contributed by atoms with Crippen molar-refractivity contribution in [3.8, 4) is 5.75 Å². The Kier molecular flexibility index (Phi) is 10.7. The zero-order valence-electron chi connectivity index (χ0n) is 23.8. The molecule has 0 aromatic heterocycles. The summed E-state index contributed by atoms with van der Waals surface area (Å²) < 4.78 is 34.7. The van der Waals surface area contributed by atoms with E-state index in [1.165, 1.54) is 17.0 Å². The van der Waals surface area contributed by atoms with E-state index in [4.69, 9.17) is 4.74 Å². The smallest absolute Gasteiger partial charge is 0.264 e. The number of amides is 2. The van der Waals surface area contributed by atoms with E-state index in [9.17, 15) is 18.0 Å². The molecule has 8 nitrogen and oxygen atoms in total. The Morgan fingerprint density at radius 3 is 2.15 bits per heavy atom. The Hall–Kier alpha value is -3.85. The molecule has 2 unspecified atom stereocenters. The lowest BCUT2D eigenvalue weighted by atomic mass is 10.1. The summed E-state index contributed by atoms with van der Waals surface area (Å²) >= 11 is 0. The first-order chi connectivity index (χ1) is 19.1. The van der Waals surface area contributed by atoms with Crippen molar-refractivity contribution in [1.82, 2.24) is 10.2 Å². The van der Waals surface area contributed by atoms with Crippen molar-refractivity contribution in [1.29, 1.82) is 0 Å². The summed E-state index contributed by atoms with van der Waals surface area (Å²) in [5.74, 6) is -0.481. The van der Waals surface area contributed by atoms with Gasteiger partial charge in [0.05, 0.1) is 17.2 Å². The van der Waals surface area contributed by atoms with E-state index in [-0.39, 0.29) is 29.1 Å². The standard InChI is InChI=1S/C31H39N3O5S/c1-6-24(4)32-31(36)25(5)33(21-26-19-17-23(3)18-20-26)30(35)22-34(28-15-11-12-16-29(28)39-7-2)40(37,38)27-13-9-8-10-14-27/h8-20,24-25H,6-7,21-22H2,1-5H3,(H,32,36). The van der Waals surface area contributed by atoms with Gasteiger partial charge < -0.3 is 15.0 Å². The number of carbonyl (C=O) groups is 2. The molecule has 0 bridgehead atoms. The molecule has 3 rings (SSSR count). The van der Waals surface area contributed by atoms with Crippen molar-refractivity contribution >= 4 is 27.5 Å². The molecule has 0 aliphatic rings. The van der Waals surface area contributed by atoms with Crippen LogP contribution >= 0.6 is 0 Å². The van der Waals surface area contributed by atoms with E-state index in [2.05, 4.69) is 5.32 Å². The van der Waals surface area contributed by atoms with Crippen LogP contribution < -0.4 is 14.4 Å². The molecule has 0 spiro atoms. The highest BCUT2D eigenvalue weighted by Crippen LogP contribution is 2.32. The van der Waals surface area contributed by atoms with Gasteiger partial charge >= 0.3 is 0 Å². The number of hydrogen-bond donors (Lipinski definition) is 1. The van der Waals surface area contributed by atoms with Crippen LogP contribution in [-0.2, 0) is 26.2 Å². The third kappa shape index (κ3) is 7.63. The Balaban J connectivity index is 2.06. The van der Waals surface area contributed by atoms with Crippen molar-refractivity contribution in [2.45, 2.75) is 64.6 Å². The maximum absolute atomic E-state index is 14.0. The monoisotopic (exact) mass is 565 g/mol. The summed E-state index contributed by atoms with van der Waals surface area (Å²) in [5, 5.41) is 2.94.